The van der Waals surface area contributed by atoms with Crippen molar-refractivity contribution >= 4 is 6.29 Å². The van der Waals surface area contributed by atoms with Gasteiger partial charge in [0.2, 0.25) is 0 Å². The highest BCUT2D eigenvalue weighted by Gasteiger charge is 2.31. The fourth-order valence-electron chi connectivity index (χ4n) is 1.08. The summed E-state index contributed by atoms with van der Waals surface area (Å²) in [6, 6.07) is 0. The summed E-state index contributed by atoms with van der Waals surface area (Å²) in [7, 11) is 0. The summed E-state index contributed by atoms with van der Waals surface area (Å²) in [4.78, 5) is 9.84. The van der Waals surface area contributed by atoms with E-state index in [0.29, 0.717) is 0 Å². The van der Waals surface area contributed by atoms with Crippen LogP contribution in [0.15, 0.2) is 0 Å². The SMILES string of the molecule is C[C@@H]1C[C@@H]1CCC=O. The molecule has 0 aromatic carbocycles. The largest absolute Gasteiger partial charge is 0.303 e. The molecule has 1 nitrogen and oxygen atoms in total. The van der Waals surface area contributed by atoms with Crippen molar-refractivity contribution in [1.82, 2.24) is 0 Å². The van der Waals surface area contributed by atoms with Gasteiger partial charge in [-0.3, -0.25) is 0 Å². The average Bonchev–Trinajstić information content (AvgIpc) is 2.42. The van der Waals surface area contributed by atoms with Crippen molar-refractivity contribution in [2.45, 2.75) is 26.2 Å². The molecule has 0 aromatic heterocycles. The number of hydrogen-bond donors (Lipinski definition) is 0. The maximum absolute atomic E-state index is 9.84. The molecular formula is C7H12O. The van der Waals surface area contributed by atoms with Crippen LogP contribution in [0.5, 0.6) is 0 Å². The third-order valence-electron chi connectivity index (χ3n) is 1.93. The Balaban J connectivity index is 1.97. The first-order valence-electron chi connectivity index (χ1n) is 3.28. The number of carbonyl (C=O) groups is 1. The van der Waals surface area contributed by atoms with Crippen molar-refractivity contribution < 1.29 is 4.79 Å². The zero-order valence-corrected chi connectivity index (χ0v) is 5.26. The summed E-state index contributed by atoms with van der Waals surface area (Å²) in [6.07, 6.45) is 4.28. The molecule has 1 aliphatic carbocycles. The van der Waals surface area contributed by atoms with Crippen molar-refractivity contribution in [3.63, 3.8) is 0 Å². The summed E-state index contributed by atoms with van der Waals surface area (Å²) >= 11 is 0. The fourth-order valence-corrected chi connectivity index (χ4v) is 1.08. The third-order valence-corrected chi connectivity index (χ3v) is 1.93. The molecule has 0 heterocycles. The number of aldehydes is 1. The van der Waals surface area contributed by atoms with Crippen LogP contribution in [0.3, 0.4) is 0 Å². The average molecular weight is 112 g/mol. The molecule has 1 rings (SSSR count). The van der Waals surface area contributed by atoms with Gasteiger partial charge in [-0.05, 0) is 24.7 Å². The summed E-state index contributed by atoms with van der Waals surface area (Å²) in [5.74, 6) is 1.80. The monoisotopic (exact) mass is 112 g/mol. The van der Waals surface area contributed by atoms with E-state index in [1.165, 1.54) is 6.42 Å². The number of carbonyl (C=O) groups excluding carboxylic acids is 1. The lowest BCUT2D eigenvalue weighted by atomic mass is 10.2. The first kappa shape index (κ1) is 5.80. The van der Waals surface area contributed by atoms with E-state index in [0.717, 1.165) is 31.0 Å². The highest BCUT2D eigenvalue weighted by atomic mass is 16.1. The Kier molecular flexibility index (Phi) is 1.66. The number of rotatable bonds is 3. The normalized spacial score (nSPS) is 34.6. The molecule has 2 atom stereocenters. The molecule has 0 bridgehead atoms. The van der Waals surface area contributed by atoms with Crippen LogP contribution >= 0.6 is 0 Å². The summed E-state index contributed by atoms with van der Waals surface area (Å²) in [5.41, 5.74) is 0. The lowest BCUT2D eigenvalue weighted by molar-refractivity contribution is -0.108. The Morgan fingerprint density at radius 2 is 2.38 bits per heavy atom. The lowest BCUT2D eigenvalue weighted by Gasteiger charge is -1.86. The third kappa shape index (κ3) is 1.32. The molecule has 0 radical (unpaired) electrons. The van der Waals surface area contributed by atoms with Crippen molar-refractivity contribution in [1.29, 1.82) is 0 Å². The fraction of sp³-hybridized carbons (Fsp3) is 0.857. The second-order valence-electron chi connectivity index (χ2n) is 2.72. The topological polar surface area (TPSA) is 17.1 Å². The number of hydrogen-bond acceptors (Lipinski definition) is 1. The van der Waals surface area contributed by atoms with Gasteiger partial charge in [-0.2, -0.15) is 0 Å². The molecule has 1 aliphatic rings. The van der Waals surface area contributed by atoms with Crippen LogP contribution < -0.4 is 0 Å². The Morgan fingerprint density at radius 1 is 1.75 bits per heavy atom. The van der Waals surface area contributed by atoms with Crippen LogP contribution in [0.2, 0.25) is 0 Å². The molecule has 0 N–H and O–H groups in total. The van der Waals surface area contributed by atoms with E-state index >= 15 is 0 Å². The molecule has 46 valence electrons. The second-order valence-corrected chi connectivity index (χ2v) is 2.72. The van der Waals surface area contributed by atoms with Crippen LogP contribution in [0, 0.1) is 11.8 Å². The summed E-state index contributed by atoms with van der Waals surface area (Å²) < 4.78 is 0. The van der Waals surface area contributed by atoms with E-state index in [4.69, 9.17) is 0 Å². The van der Waals surface area contributed by atoms with Crippen LogP contribution in [0.25, 0.3) is 0 Å². The van der Waals surface area contributed by atoms with Gasteiger partial charge < -0.3 is 4.79 Å². The molecule has 0 spiro atoms. The van der Waals surface area contributed by atoms with Gasteiger partial charge in [0, 0.05) is 6.42 Å². The minimum atomic E-state index is 0.773. The predicted molar refractivity (Wildman–Crippen MR) is 32.6 cm³/mol. The van der Waals surface area contributed by atoms with E-state index < -0.39 is 0 Å². The highest BCUT2D eigenvalue weighted by molar-refractivity contribution is 5.49. The van der Waals surface area contributed by atoms with Gasteiger partial charge in [0.15, 0.2) is 0 Å². The molecule has 1 saturated carbocycles. The Hall–Kier alpha value is -0.330. The maximum Gasteiger partial charge on any atom is 0.120 e. The van der Waals surface area contributed by atoms with Crippen LogP contribution in [-0.4, -0.2) is 6.29 Å². The smallest absolute Gasteiger partial charge is 0.120 e. The Bertz CT molecular complexity index is 88.4. The van der Waals surface area contributed by atoms with E-state index in [1.807, 2.05) is 0 Å². The predicted octanol–water partition coefficient (Wildman–Crippen LogP) is 1.62. The lowest BCUT2D eigenvalue weighted by Crippen LogP contribution is -1.79. The van der Waals surface area contributed by atoms with E-state index in [1.54, 1.807) is 0 Å². The van der Waals surface area contributed by atoms with Crippen molar-refractivity contribution in [2.24, 2.45) is 11.8 Å². The van der Waals surface area contributed by atoms with Gasteiger partial charge in [0.05, 0.1) is 0 Å². The zero-order chi connectivity index (χ0) is 5.98. The van der Waals surface area contributed by atoms with Gasteiger partial charge >= 0.3 is 0 Å². The van der Waals surface area contributed by atoms with E-state index in [9.17, 15) is 4.79 Å². The quantitative estimate of drug-likeness (QED) is 0.507. The summed E-state index contributed by atoms with van der Waals surface area (Å²) in [6.45, 7) is 2.25. The minimum Gasteiger partial charge on any atom is -0.303 e. The molecule has 0 amide bonds. The summed E-state index contributed by atoms with van der Waals surface area (Å²) in [5, 5.41) is 0. The van der Waals surface area contributed by atoms with Crippen molar-refractivity contribution in [3.8, 4) is 0 Å². The Labute approximate surface area is 50.1 Å². The Morgan fingerprint density at radius 3 is 2.75 bits per heavy atom. The standard InChI is InChI=1S/C7H12O/c1-6-5-7(6)3-2-4-8/h4,6-7H,2-3,5H2,1H3/t6-,7+/m1/s1. The molecule has 0 aliphatic heterocycles. The molecule has 1 heteroatoms. The van der Waals surface area contributed by atoms with Gasteiger partial charge in [-0.15, -0.1) is 0 Å². The van der Waals surface area contributed by atoms with Crippen LogP contribution in [0.4, 0.5) is 0 Å². The molecule has 0 saturated heterocycles. The van der Waals surface area contributed by atoms with Gasteiger partial charge in [0.1, 0.15) is 6.29 Å². The first-order valence-corrected chi connectivity index (χ1v) is 3.28. The zero-order valence-electron chi connectivity index (χ0n) is 5.26. The first-order chi connectivity index (χ1) is 3.84. The molecule has 0 unspecified atom stereocenters. The van der Waals surface area contributed by atoms with Gasteiger partial charge in [-0.1, -0.05) is 6.92 Å². The highest BCUT2D eigenvalue weighted by Crippen LogP contribution is 2.40. The second kappa shape index (κ2) is 2.29. The van der Waals surface area contributed by atoms with Crippen LogP contribution in [-0.2, 0) is 4.79 Å². The van der Waals surface area contributed by atoms with Crippen molar-refractivity contribution in [3.05, 3.63) is 0 Å². The van der Waals surface area contributed by atoms with E-state index in [2.05, 4.69) is 6.92 Å². The van der Waals surface area contributed by atoms with Gasteiger partial charge in [-0.25, -0.2) is 0 Å². The molecule has 1 fully saturated rings. The van der Waals surface area contributed by atoms with E-state index in [-0.39, 0.29) is 0 Å². The van der Waals surface area contributed by atoms with Gasteiger partial charge in [0.25, 0.3) is 0 Å². The molecular weight excluding hydrogens is 100 g/mol. The minimum absolute atomic E-state index is 0.773. The van der Waals surface area contributed by atoms with Crippen molar-refractivity contribution in [2.75, 3.05) is 0 Å². The maximum atomic E-state index is 9.84. The molecule has 0 aromatic rings. The molecule has 8 heavy (non-hydrogen) atoms. The van der Waals surface area contributed by atoms with Crippen LogP contribution in [0.1, 0.15) is 26.2 Å².